The van der Waals surface area contributed by atoms with E-state index in [9.17, 15) is 0 Å². The molecule has 2 aromatic carbocycles. The fourth-order valence-corrected chi connectivity index (χ4v) is 1.63. The third-order valence-corrected chi connectivity index (χ3v) is 2.34. The van der Waals surface area contributed by atoms with E-state index >= 15 is 0 Å². The third-order valence-electron chi connectivity index (χ3n) is 2.34. The van der Waals surface area contributed by atoms with Gasteiger partial charge in [0, 0.05) is 6.61 Å². The Morgan fingerprint density at radius 1 is 1.00 bits per heavy atom. The van der Waals surface area contributed by atoms with E-state index in [0.29, 0.717) is 6.61 Å². The molecule has 0 saturated heterocycles. The zero-order chi connectivity index (χ0) is 9.80. The summed E-state index contributed by atoms with van der Waals surface area (Å²) in [6, 6.07) is 14.7. The fourth-order valence-electron chi connectivity index (χ4n) is 1.63. The van der Waals surface area contributed by atoms with Crippen molar-refractivity contribution >= 4 is 10.8 Å². The van der Waals surface area contributed by atoms with Crippen molar-refractivity contribution in [3.05, 3.63) is 48.0 Å². The molecule has 0 atom stereocenters. The molecule has 0 unspecified atom stereocenters. The molecule has 0 bridgehead atoms. The number of hydrogen-bond acceptors (Lipinski definition) is 1. The molecule has 0 heterocycles. The lowest BCUT2D eigenvalue weighted by Crippen LogP contribution is -1.92. The Labute approximate surface area is 84.3 Å². The van der Waals surface area contributed by atoms with Crippen LogP contribution >= 0.6 is 0 Å². The van der Waals surface area contributed by atoms with Crippen LogP contribution in [0.25, 0.3) is 10.8 Å². The second kappa shape index (κ2) is 4.25. The predicted molar refractivity (Wildman–Crippen MR) is 59.3 cm³/mol. The van der Waals surface area contributed by atoms with Crippen molar-refractivity contribution in [3.63, 3.8) is 0 Å². The second-order valence-electron chi connectivity index (χ2n) is 3.28. The summed E-state index contributed by atoms with van der Waals surface area (Å²) in [6.45, 7) is 3.49. The molecule has 0 aromatic heterocycles. The highest BCUT2D eigenvalue weighted by atomic mass is 16.5. The monoisotopic (exact) mass is 186 g/mol. The van der Waals surface area contributed by atoms with E-state index in [1.54, 1.807) is 0 Å². The molecular formula is C13H14O. The first-order valence-corrected chi connectivity index (χ1v) is 4.96. The molecule has 0 spiro atoms. The van der Waals surface area contributed by atoms with Crippen LogP contribution in [-0.2, 0) is 11.3 Å². The molecule has 2 rings (SSSR count). The average Bonchev–Trinajstić information content (AvgIpc) is 2.26. The van der Waals surface area contributed by atoms with Crippen LogP contribution in [0.4, 0.5) is 0 Å². The van der Waals surface area contributed by atoms with Gasteiger partial charge in [-0.1, -0.05) is 42.5 Å². The van der Waals surface area contributed by atoms with Gasteiger partial charge in [-0.15, -0.1) is 0 Å². The van der Waals surface area contributed by atoms with Crippen molar-refractivity contribution in [1.29, 1.82) is 0 Å². The van der Waals surface area contributed by atoms with Crippen molar-refractivity contribution < 1.29 is 4.74 Å². The molecule has 0 fully saturated rings. The molecule has 2 aromatic rings. The summed E-state index contributed by atoms with van der Waals surface area (Å²) in [6.07, 6.45) is 0. The lowest BCUT2D eigenvalue weighted by atomic mass is 10.1. The van der Waals surface area contributed by atoms with Gasteiger partial charge in [0.25, 0.3) is 0 Å². The quantitative estimate of drug-likeness (QED) is 0.714. The van der Waals surface area contributed by atoms with Crippen LogP contribution in [0, 0.1) is 0 Å². The number of benzene rings is 2. The molecule has 0 aliphatic heterocycles. The van der Waals surface area contributed by atoms with E-state index in [1.807, 2.05) is 6.92 Å². The van der Waals surface area contributed by atoms with Crippen LogP contribution in [0.15, 0.2) is 42.5 Å². The maximum Gasteiger partial charge on any atom is 0.0722 e. The molecule has 0 saturated carbocycles. The Balaban J connectivity index is 2.43. The molecule has 0 aliphatic carbocycles. The Morgan fingerprint density at radius 2 is 1.79 bits per heavy atom. The van der Waals surface area contributed by atoms with Crippen molar-refractivity contribution in [1.82, 2.24) is 0 Å². The van der Waals surface area contributed by atoms with Crippen LogP contribution in [0.2, 0.25) is 0 Å². The smallest absolute Gasteiger partial charge is 0.0722 e. The van der Waals surface area contributed by atoms with Gasteiger partial charge in [-0.2, -0.15) is 0 Å². The van der Waals surface area contributed by atoms with Gasteiger partial charge in [-0.3, -0.25) is 0 Å². The number of fused-ring (bicyclic) bond motifs is 1. The highest BCUT2D eigenvalue weighted by Gasteiger charge is 1.98. The summed E-state index contributed by atoms with van der Waals surface area (Å²) in [4.78, 5) is 0. The van der Waals surface area contributed by atoms with Gasteiger partial charge in [0.1, 0.15) is 0 Å². The molecule has 0 aliphatic rings. The summed E-state index contributed by atoms with van der Waals surface area (Å²) in [5, 5.41) is 2.58. The predicted octanol–water partition coefficient (Wildman–Crippen LogP) is 3.38. The Kier molecular flexibility index (Phi) is 2.80. The van der Waals surface area contributed by atoms with E-state index in [-0.39, 0.29) is 0 Å². The largest absolute Gasteiger partial charge is 0.377 e. The Morgan fingerprint density at radius 3 is 2.64 bits per heavy atom. The summed E-state index contributed by atoms with van der Waals surface area (Å²) >= 11 is 0. The van der Waals surface area contributed by atoms with Gasteiger partial charge in [0.05, 0.1) is 6.61 Å². The third kappa shape index (κ3) is 1.78. The number of ether oxygens (including phenoxy) is 1. The number of rotatable bonds is 3. The maximum atomic E-state index is 5.43. The minimum absolute atomic E-state index is 0.706. The van der Waals surface area contributed by atoms with Crippen LogP contribution in [0.5, 0.6) is 0 Å². The zero-order valence-corrected chi connectivity index (χ0v) is 8.36. The van der Waals surface area contributed by atoms with E-state index in [4.69, 9.17) is 4.74 Å². The van der Waals surface area contributed by atoms with Crippen LogP contribution < -0.4 is 0 Å². The van der Waals surface area contributed by atoms with Gasteiger partial charge in [-0.25, -0.2) is 0 Å². The fraction of sp³-hybridized carbons (Fsp3) is 0.231. The van der Waals surface area contributed by atoms with Gasteiger partial charge in [0.2, 0.25) is 0 Å². The first kappa shape index (κ1) is 9.22. The van der Waals surface area contributed by atoms with Crippen LogP contribution in [0.1, 0.15) is 12.5 Å². The molecule has 1 nitrogen and oxygen atoms in total. The van der Waals surface area contributed by atoms with Crippen molar-refractivity contribution in [2.24, 2.45) is 0 Å². The molecule has 1 heteroatoms. The lowest BCUT2D eigenvalue weighted by molar-refractivity contribution is 0.135. The topological polar surface area (TPSA) is 9.23 Å². The first-order chi connectivity index (χ1) is 6.92. The highest BCUT2D eigenvalue weighted by Crippen LogP contribution is 2.18. The van der Waals surface area contributed by atoms with Gasteiger partial charge in [-0.05, 0) is 23.3 Å². The summed E-state index contributed by atoms with van der Waals surface area (Å²) in [5.41, 5.74) is 1.27. The summed E-state index contributed by atoms with van der Waals surface area (Å²) < 4.78 is 5.43. The zero-order valence-electron chi connectivity index (χ0n) is 8.36. The van der Waals surface area contributed by atoms with Crippen molar-refractivity contribution in [2.75, 3.05) is 6.61 Å². The van der Waals surface area contributed by atoms with Crippen LogP contribution in [-0.4, -0.2) is 6.61 Å². The van der Waals surface area contributed by atoms with Gasteiger partial charge >= 0.3 is 0 Å². The summed E-state index contributed by atoms with van der Waals surface area (Å²) in [7, 11) is 0. The van der Waals surface area contributed by atoms with Gasteiger partial charge in [0.15, 0.2) is 0 Å². The first-order valence-electron chi connectivity index (χ1n) is 4.96. The summed E-state index contributed by atoms with van der Waals surface area (Å²) in [5.74, 6) is 0. The average molecular weight is 186 g/mol. The normalized spacial score (nSPS) is 10.6. The molecule has 72 valence electrons. The molecule has 0 amide bonds. The van der Waals surface area contributed by atoms with Crippen molar-refractivity contribution in [3.8, 4) is 0 Å². The molecular weight excluding hydrogens is 172 g/mol. The second-order valence-corrected chi connectivity index (χ2v) is 3.28. The van der Waals surface area contributed by atoms with Crippen LogP contribution in [0.3, 0.4) is 0 Å². The SMILES string of the molecule is CCOCc1cccc2ccccc12. The van der Waals surface area contributed by atoms with E-state index in [1.165, 1.54) is 16.3 Å². The Hall–Kier alpha value is -1.34. The van der Waals surface area contributed by atoms with E-state index in [0.717, 1.165) is 6.61 Å². The standard InChI is InChI=1S/C13H14O/c1-2-14-10-12-8-5-7-11-6-3-4-9-13(11)12/h3-9H,2,10H2,1H3. The molecule has 14 heavy (non-hydrogen) atoms. The molecule has 0 radical (unpaired) electrons. The van der Waals surface area contributed by atoms with E-state index < -0.39 is 0 Å². The van der Waals surface area contributed by atoms with Gasteiger partial charge < -0.3 is 4.74 Å². The Bertz CT molecular complexity index is 415. The minimum Gasteiger partial charge on any atom is -0.377 e. The van der Waals surface area contributed by atoms with Crippen molar-refractivity contribution in [2.45, 2.75) is 13.5 Å². The van der Waals surface area contributed by atoms with E-state index in [2.05, 4.69) is 42.5 Å². The maximum absolute atomic E-state index is 5.43. The number of hydrogen-bond donors (Lipinski definition) is 0. The molecule has 0 N–H and O–H groups in total. The minimum atomic E-state index is 0.706. The highest BCUT2D eigenvalue weighted by molar-refractivity contribution is 5.85. The lowest BCUT2D eigenvalue weighted by Gasteiger charge is -2.05.